The van der Waals surface area contributed by atoms with Crippen molar-refractivity contribution in [2.75, 3.05) is 0 Å². The van der Waals surface area contributed by atoms with Crippen LogP contribution in [0.5, 0.6) is 0 Å². The van der Waals surface area contributed by atoms with E-state index in [0.29, 0.717) is 6.42 Å². The van der Waals surface area contributed by atoms with Crippen LogP contribution in [-0.4, -0.2) is 19.2 Å². The fourth-order valence-corrected chi connectivity index (χ4v) is 3.06. The van der Waals surface area contributed by atoms with E-state index in [1.54, 1.807) is 6.07 Å². The van der Waals surface area contributed by atoms with Crippen molar-refractivity contribution in [1.82, 2.24) is 4.72 Å². The molecule has 0 rings (SSSR count). The van der Waals surface area contributed by atoms with Gasteiger partial charge in [-0.05, 0) is 32.6 Å². The van der Waals surface area contributed by atoms with Gasteiger partial charge in [-0.2, -0.15) is 5.26 Å². The quantitative estimate of drug-likeness (QED) is 0.825. The molecule has 5 heteroatoms. The number of rotatable bonds is 4. The summed E-state index contributed by atoms with van der Waals surface area (Å²) < 4.78 is 26.0. The standard InChI is InChI=1S/C11H22N2O2S/c1-9(7-12)16(14,15)13-11(5,6)8-10(2,3)4/h9,13H,8H2,1-6H3. The monoisotopic (exact) mass is 246 g/mol. The van der Waals surface area contributed by atoms with E-state index in [-0.39, 0.29) is 5.41 Å². The molecule has 0 aliphatic carbocycles. The molecule has 0 aliphatic heterocycles. The second-order valence-electron chi connectivity index (χ2n) is 6.04. The van der Waals surface area contributed by atoms with Crippen molar-refractivity contribution in [3.05, 3.63) is 0 Å². The third-order valence-electron chi connectivity index (χ3n) is 2.04. The second kappa shape index (κ2) is 4.72. The molecule has 4 nitrogen and oxygen atoms in total. The first-order valence-corrected chi connectivity index (χ1v) is 6.87. The first kappa shape index (κ1) is 15.4. The Hall–Kier alpha value is -0.600. The third-order valence-corrected chi connectivity index (χ3v) is 3.91. The van der Waals surface area contributed by atoms with Crippen LogP contribution in [0.4, 0.5) is 0 Å². The van der Waals surface area contributed by atoms with Crippen molar-refractivity contribution in [3.63, 3.8) is 0 Å². The molecule has 0 aromatic rings. The van der Waals surface area contributed by atoms with Gasteiger partial charge in [0.05, 0.1) is 6.07 Å². The average Bonchev–Trinajstić information content (AvgIpc) is 1.95. The lowest BCUT2D eigenvalue weighted by Crippen LogP contribution is -2.48. The van der Waals surface area contributed by atoms with Crippen LogP contribution < -0.4 is 4.72 Å². The van der Waals surface area contributed by atoms with E-state index < -0.39 is 20.8 Å². The molecule has 1 atom stereocenters. The van der Waals surface area contributed by atoms with Gasteiger partial charge in [0.15, 0.2) is 5.25 Å². The van der Waals surface area contributed by atoms with E-state index in [4.69, 9.17) is 5.26 Å². The van der Waals surface area contributed by atoms with Crippen LogP contribution in [0.2, 0.25) is 0 Å². The summed E-state index contributed by atoms with van der Waals surface area (Å²) in [6, 6.07) is 1.74. The minimum Gasteiger partial charge on any atom is -0.211 e. The lowest BCUT2D eigenvalue weighted by molar-refractivity contribution is 0.269. The van der Waals surface area contributed by atoms with Gasteiger partial charge in [0, 0.05) is 5.54 Å². The topological polar surface area (TPSA) is 70.0 Å². The molecule has 0 spiro atoms. The highest BCUT2D eigenvalue weighted by Crippen LogP contribution is 2.27. The van der Waals surface area contributed by atoms with Crippen LogP contribution in [0, 0.1) is 16.7 Å². The molecule has 0 bridgehead atoms. The SMILES string of the molecule is CC(C#N)S(=O)(=O)NC(C)(C)CC(C)(C)C. The van der Waals surface area contributed by atoms with Crippen LogP contribution in [-0.2, 0) is 10.0 Å². The minimum atomic E-state index is -3.55. The molecule has 0 aliphatic rings. The zero-order chi connectivity index (χ0) is 13.2. The Morgan fingerprint density at radius 2 is 1.69 bits per heavy atom. The number of nitrogens with one attached hydrogen (secondary N) is 1. The normalized spacial score (nSPS) is 15.6. The number of hydrogen-bond acceptors (Lipinski definition) is 3. The highest BCUT2D eigenvalue weighted by molar-refractivity contribution is 7.90. The Bertz CT molecular complexity index is 372. The van der Waals surface area contributed by atoms with Crippen molar-refractivity contribution in [2.45, 2.75) is 58.8 Å². The zero-order valence-electron chi connectivity index (χ0n) is 11.0. The molecule has 0 fully saturated rings. The fourth-order valence-electron chi connectivity index (χ4n) is 1.90. The number of hydrogen-bond donors (Lipinski definition) is 1. The average molecular weight is 246 g/mol. The van der Waals surface area contributed by atoms with Crippen molar-refractivity contribution in [3.8, 4) is 6.07 Å². The lowest BCUT2D eigenvalue weighted by atomic mass is 9.82. The Morgan fingerprint density at radius 1 is 1.25 bits per heavy atom. The lowest BCUT2D eigenvalue weighted by Gasteiger charge is -2.33. The Labute approximate surface area is 99.1 Å². The summed E-state index contributed by atoms with van der Waals surface area (Å²) in [4.78, 5) is 0. The van der Waals surface area contributed by atoms with Crippen molar-refractivity contribution in [1.29, 1.82) is 5.26 Å². The molecule has 1 unspecified atom stereocenters. The van der Waals surface area contributed by atoms with Crippen molar-refractivity contribution in [2.24, 2.45) is 5.41 Å². The van der Waals surface area contributed by atoms with Crippen LogP contribution in [0.25, 0.3) is 0 Å². The van der Waals surface area contributed by atoms with Gasteiger partial charge in [-0.3, -0.25) is 0 Å². The largest absolute Gasteiger partial charge is 0.228 e. The van der Waals surface area contributed by atoms with E-state index >= 15 is 0 Å². The van der Waals surface area contributed by atoms with Crippen molar-refractivity contribution >= 4 is 10.0 Å². The molecule has 0 aromatic carbocycles. The summed E-state index contributed by atoms with van der Waals surface area (Å²) in [5, 5.41) is 7.61. The summed E-state index contributed by atoms with van der Waals surface area (Å²) in [7, 11) is -3.55. The smallest absolute Gasteiger partial charge is 0.211 e. The van der Waals surface area contributed by atoms with Gasteiger partial charge in [0.2, 0.25) is 10.0 Å². The highest BCUT2D eigenvalue weighted by atomic mass is 32.2. The molecular formula is C11H22N2O2S. The van der Waals surface area contributed by atoms with E-state index in [1.165, 1.54) is 6.92 Å². The van der Waals surface area contributed by atoms with Gasteiger partial charge < -0.3 is 0 Å². The highest BCUT2D eigenvalue weighted by Gasteiger charge is 2.32. The molecule has 16 heavy (non-hydrogen) atoms. The predicted octanol–water partition coefficient (Wildman–Crippen LogP) is 2.03. The number of nitrogens with zero attached hydrogens (tertiary/aromatic N) is 1. The first-order chi connectivity index (χ1) is 6.90. The molecule has 0 saturated heterocycles. The van der Waals surface area contributed by atoms with Gasteiger partial charge in [0.1, 0.15) is 0 Å². The molecule has 1 N–H and O–H groups in total. The summed E-state index contributed by atoms with van der Waals surface area (Å²) in [5.41, 5.74) is -0.510. The fraction of sp³-hybridized carbons (Fsp3) is 0.909. The van der Waals surface area contributed by atoms with E-state index in [2.05, 4.69) is 25.5 Å². The summed E-state index contributed by atoms with van der Waals surface area (Å²) >= 11 is 0. The maximum Gasteiger partial charge on any atom is 0.228 e. The van der Waals surface area contributed by atoms with E-state index in [0.717, 1.165) is 0 Å². The van der Waals surface area contributed by atoms with Gasteiger partial charge in [-0.25, -0.2) is 13.1 Å². The minimum absolute atomic E-state index is 0.0297. The van der Waals surface area contributed by atoms with Gasteiger partial charge in [-0.15, -0.1) is 0 Å². The van der Waals surface area contributed by atoms with Crippen LogP contribution >= 0.6 is 0 Å². The maximum absolute atomic E-state index is 11.7. The maximum atomic E-state index is 11.7. The predicted molar refractivity (Wildman–Crippen MR) is 65.3 cm³/mol. The summed E-state index contributed by atoms with van der Waals surface area (Å²) in [6.45, 7) is 11.2. The first-order valence-electron chi connectivity index (χ1n) is 5.32. The Balaban J connectivity index is 4.80. The van der Waals surface area contributed by atoms with Gasteiger partial charge in [-0.1, -0.05) is 20.8 Å². The number of sulfonamides is 1. The number of nitriles is 1. The molecule has 0 saturated carbocycles. The van der Waals surface area contributed by atoms with E-state index in [9.17, 15) is 8.42 Å². The van der Waals surface area contributed by atoms with E-state index in [1.807, 2.05) is 13.8 Å². The molecular weight excluding hydrogens is 224 g/mol. The Kier molecular flexibility index (Phi) is 4.55. The van der Waals surface area contributed by atoms with Crippen LogP contribution in [0.3, 0.4) is 0 Å². The molecule has 94 valence electrons. The van der Waals surface area contributed by atoms with Gasteiger partial charge in [0.25, 0.3) is 0 Å². The third kappa shape index (κ3) is 5.47. The Morgan fingerprint density at radius 3 is 2.00 bits per heavy atom. The van der Waals surface area contributed by atoms with Crippen LogP contribution in [0.15, 0.2) is 0 Å². The zero-order valence-corrected chi connectivity index (χ0v) is 11.8. The summed E-state index contributed by atoms with van der Waals surface area (Å²) in [6.07, 6.45) is 0.706. The van der Waals surface area contributed by atoms with Gasteiger partial charge >= 0.3 is 0 Å². The second-order valence-corrected chi connectivity index (χ2v) is 8.04. The van der Waals surface area contributed by atoms with Crippen molar-refractivity contribution < 1.29 is 8.42 Å². The summed E-state index contributed by atoms with van der Waals surface area (Å²) in [5.74, 6) is 0. The molecule has 0 amide bonds. The van der Waals surface area contributed by atoms with Crippen LogP contribution in [0.1, 0.15) is 48.0 Å². The molecule has 0 radical (unpaired) electrons. The molecule has 0 heterocycles. The molecule has 0 aromatic heterocycles.